The van der Waals surface area contributed by atoms with Gasteiger partial charge in [-0.05, 0) is 42.8 Å². The van der Waals surface area contributed by atoms with Crippen LogP contribution in [0.4, 0.5) is 0 Å². The molecule has 3 rings (SSSR count). The van der Waals surface area contributed by atoms with Crippen LogP contribution in [0.3, 0.4) is 0 Å². The molecule has 3 aromatic rings. The van der Waals surface area contributed by atoms with Crippen molar-refractivity contribution in [3.8, 4) is 11.5 Å². The van der Waals surface area contributed by atoms with E-state index in [0.29, 0.717) is 27.3 Å². The largest absolute Gasteiger partial charge is 0.504 e. The molecular formula is C16H11Cl2N3O3. The molecule has 8 heteroatoms. The number of hydrogen-bond donors (Lipinski definition) is 2. The number of fused-ring (bicyclic) bond motifs is 1. The fraction of sp³-hybridized carbons (Fsp3) is 0.0625. The van der Waals surface area contributed by atoms with Crippen molar-refractivity contribution in [2.45, 2.75) is 6.92 Å². The Morgan fingerprint density at radius 1 is 1.21 bits per heavy atom. The van der Waals surface area contributed by atoms with Gasteiger partial charge in [-0.1, -0.05) is 23.2 Å². The van der Waals surface area contributed by atoms with Crippen molar-refractivity contribution in [2.75, 3.05) is 0 Å². The lowest BCUT2D eigenvalue weighted by molar-refractivity contribution is 0.404. The van der Waals surface area contributed by atoms with Gasteiger partial charge in [0.25, 0.3) is 5.56 Å². The maximum atomic E-state index is 12.5. The smallest absolute Gasteiger partial charge is 0.282 e. The quantitative estimate of drug-likeness (QED) is 0.540. The van der Waals surface area contributed by atoms with Crippen LogP contribution in [0.1, 0.15) is 11.4 Å². The van der Waals surface area contributed by atoms with E-state index in [2.05, 4.69) is 10.1 Å². The fourth-order valence-electron chi connectivity index (χ4n) is 2.20. The highest BCUT2D eigenvalue weighted by atomic mass is 35.5. The number of hydrogen-bond acceptors (Lipinski definition) is 5. The maximum Gasteiger partial charge on any atom is 0.282 e. The number of benzene rings is 2. The number of phenols is 2. The van der Waals surface area contributed by atoms with E-state index in [1.54, 1.807) is 25.1 Å². The van der Waals surface area contributed by atoms with Crippen molar-refractivity contribution in [1.29, 1.82) is 0 Å². The molecule has 0 aliphatic heterocycles. The van der Waals surface area contributed by atoms with Gasteiger partial charge in [0.2, 0.25) is 0 Å². The number of halogens is 2. The molecule has 1 heterocycles. The highest BCUT2D eigenvalue weighted by molar-refractivity contribution is 6.32. The molecule has 1 aromatic heterocycles. The van der Waals surface area contributed by atoms with Crippen molar-refractivity contribution in [3.05, 3.63) is 62.1 Å². The molecule has 0 saturated carbocycles. The lowest BCUT2D eigenvalue weighted by Crippen LogP contribution is -2.20. The lowest BCUT2D eigenvalue weighted by atomic mass is 10.2. The van der Waals surface area contributed by atoms with Crippen molar-refractivity contribution >= 4 is 40.3 Å². The molecule has 0 bridgehead atoms. The molecule has 2 aromatic carbocycles. The average Bonchev–Trinajstić information content (AvgIpc) is 2.51. The number of aryl methyl sites for hydroxylation is 1. The van der Waals surface area contributed by atoms with Crippen molar-refractivity contribution in [2.24, 2.45) is 5.10 Å². The van der Waals surface area contributed by atoms with Crippen molar-refractivity contribution < 1.29 is 10.2 Å². The maximum absolute atomic E-state index is 12.5. The number of aromatic hydroxyl groups is 2. The third kappa shape index (κ3) is 2.93. The number of aromatic nitrogens is 2. The van der Waals surface area contributed by atoms with E-state index in [1.807, 2.05) is 0 Å². The standard InChI is InChI=1S/C16H11Cl2N3O3/c1-8-20-13-6-10(17)2-3-11(13)16(24)21(8)19-7-9-4-12(18)15(23)14(22)5-9/h2-7,22-23H,1H3/b19-7+. The molecule has 0 unspecified atom stereocenters. The molecule has 0 aliphatic carbocycles. The first-order chi connectivity index (χ1) is 11.4. The molecule has 2 N–H and O–H groups in total. The molecule has 0 atom stereocenters. The first-order valence-electron chi connectivity index (χ1n) is 6.81. The van der Waals surface area contributed by atoms with E-state index in [0.717, 1.165) is 4.68 Å². The van der Waals surface area contributed by atoms with E-state index < -0.39 is 5.75 Å². The molecule has 24 heavy (non-hydrogen) atoms. The van der Waals surface area contributed by atoms with Crippen molar-refractivity contribution in [3.63, 3.8) is 0 Å². The van der Waals surface area contributed by atoms with Gasteiger partial charge in [-0.15, -0.1) is 0 Å². The summed E-state index contributed by atoms with van der Waals surface area (Å²) in [6, 6.07) is 7.49. The topological polar surface area (TPSA) is 87.7 Å². The summed E-state index contributed by atoms with van der Waals surface area (Å²) in [7, 11) is 0. The van der Waals surface area contributed by atoms with Crippen molar-refractivity contribution in [1.82, 2.24) is 9.66 Å². The predicted octanol–water partition coefficient (Wildman–Crippen LogP) is 3.31. The van der Waals surface area contributed by atoms with Gasteiger partial charge in [-0.25, -0.2) is 4.98 Å². The number of phenolic OH excluding ortho intramolecular Hbond substituents is 2. The Hall–Kier alpha value is -2.57. The van der Waals surface area contributed by atoms with Gasteiger partial charge < -0.3 is 10.2 Å². The Morgan fingerprint density at radius 3 is 2.67 bits per heavy atom. The normalized spacial score (nSPS) is 11.5. The second-order valence-corrected chi connectivity index (χ2v) is 5.90. The molecular weight excluding hydrogens is 353 g/mol. The average molecular weight is 364 g/mol. The minimum absolute atomic E-state index is 0.0215. The fourth-order valence-corrected chi connectivity index (χ4v) is 2.59. The summed E-state index contributed by atoms with van der Waals surface area (Å²) < 4.78 is 1.13. The summed E-state index contributed by atoms with van der Waals surface area (Å²) in [5.74, 6) is -0.411. The second-order valence-electron chi connectivity index (χ2n) is 5.05. The van der Waals surface area contributed by atoms with Crippen LogP contribution in [0.5, 0.6) is 11.5 Å². The van der Waals surface area contributed by atoms with Gasteiger partial charge in [0.05, 0.1) is 22.1 Å². The van der Waals surface area contributed by atoms with Gasteiger partial charge in [0, 0.05) is 5.02 Å². The third-order valence-corrected chi connectivity index (χ3v) is 3.88. The van der Waals surface area contributed by atoms with Crippen LogP contribution in [-0.4, -0.2) is 26.1 Å². The van der Waals surface area contributed by atoms with Crippen LogP contribution in [0.2, 0.25) is 10.0 Å². The molecule has 6 nitrogen and oxygen atoms in total. The van der Waals surface area contributed by atoms with Gasteiger partial charge in [0.1, 0.15) is 5.82 Å². The van der Waals surface area contributed by atoms with Crippen LogP contribution < -0.4 is 5.56 Å². The Labute approximate surface area is 146 Å². The Kier molecular flexibility index (Phi) is 4.17. The third-order valence-electron chi connectivity index (χ3n) is 3.36. The molecule has 122 valence electrons. The molecule has 0 radical (unpaired) electrons. The predicted molar refractivity (Wildman–Crippen MR) is 93.5 cm³/mol. The van der Waals surface area contributed by atoms with Gasteiger partial charge in [-0.2, -0.15) is 9.78 Å². The summed E-state index contributed by atoms with van der Waals surface area (Å²) in [4.78, 5) is 16.8. The van der Waals surface area contributed by atoms with Crippen LogP contribution >= 0.6 is 23.2 Å². The molecule has 0 spiro atoms. The molecule has 0 fully saturated rings. The Morgan fingerprint density at radius 2 is 1.96 bits per heavy atom. The number of nitrogens with zero attached hydrogens (tertiary/aromatic N) is 3. The Balaban J connectivity index is 2.10. The van der Waals surface area contributed by atoms with Gasteiger partial charge in [-0.3, -0.25) is 4.79 Å². The highest BCUT2D eigenvalue weighted by Crippen LogP contribution is 2.33. The summed E-state index contributed by atoms with van der Waals surface area (Å²) in [6.45, 7) is 1.64. The van der Waals surface area contributed by atoms with E-state index in [9.17, 15) is 15.0 Å². The van der Waals surface area contributed by atoms with Crippen LogP contribution in [0, 0.1) is 6.92 Å². The summed E-state index contributed by atoms with van der Waals surface area (Å²) in [6.07, 6.45) is 1.34. The van der Waals surface area contributed by atoms with E-state index >= 15 is 0 Å². The zero-order valence-corrected chi connectivity index (χ0v) is 13.9. The van der Waals surface area contributed by atoms with Crippen LogP contribution in [0.25, 0.3) is 10.9 Å². The lowest BCUT2D eigenvalue weighted by Gasteiger charge is -2.06. The molecule has 0 aliphatic rings. The zero-order chi connectivity index (χ0) is 17.4. The van der Waals surface area contributed by atoms with Crippen LogP contribution in [0.15, 0.2) is 40.2 Å². The minimum atomic E-state index is -0.411. The van der Waals surface area contributed by atoms with E-state index in [-0.39, 0.29) is 16.3 Å². The van der Waals surface area contributed by atoms with E-state index in [4.69, 9.17) is 23.2 Å². The minimum Gasteiger partial charge on any atom is -0.504 e. The Bertz CT molecular complexity index is 1020. The van der Waals surface area contributed by atoms with Gasteiger partial charge in [0.15, 0.2) is 11.5 Å². The summed E-state index contributed by atoms with van der Waals surface area (Å²) >= 11 is 11.7. The number of rotatable bonds is 2. The molecule has 0 saturated heterocycles. The highest BCUT2D eigenvalue weighted by Gasteiger charge is 2.09. The first kappa shape index (κ1) is 16.3. The van der Waals surface area contributed by atoms with E-state index in [1.165, 1.54) is 18.3 Å². The monoisotopic (exact) mass is 363 g/mol. The summed E-state index contributed by atoms with van der Waals surface area (Å²) in [5.41, 5.74) is 0.555. The first-order valence-corrected chi connectivity index (χ1v) is 7.57. The van der Waals surface area contributed by atoms with Gasteiger partial charge >= 0.3 is 0 Å². The second kappa shape index (κ2) is 6.14. The summed E-state index contributed by atoms with van der Waals surface area (Å²) in [5, 5.41) is 24.0. The molecule has 0 amide bonds. The zero-order valence-electron chi connectivity index (χ0n) is 12.4. The SMILES string of the molecule is Cc1nc2cc(Cl)ccc2c(=O)n1/N=C/c1cc(O)c(O)c(Cl)c1. The van der Waals surface area contributed by atoms with Crippen LogP contribution in [-0.2, 0) is 0 Å².